The van der Waals surface area contributed by atoms with Crippen LogP contribution in [-0.4, -0.2) is 16.4 Å². The van der Waals surface area contributed by atoms with Crippen LogP contribution in [-0.2, 0) is 20.9 Å². The average molecular weight is 270 g/mol. The van der Waals surface area contributed by atoms with Crippen molar-refractivity contribution in [3.8, 4) is 0 Å². The van der Waals surface area contributed by atoms with Gasteiger partial charge in [-0.3, -0.25) is 4.52 Å². The van der Waals surface area contributed by atoms with Crippen molar-refractivity contribution in [3.05, 3.63) is 34.9 Å². The lowest BCUT2D eigenvalue weighted by molar-refractivity contribution is 0.147. The van der Waals surface area contributed by atoms with Crippen molar-refractivity contribution >= 4 is 7.82 Å². The van der Waals surface area contributed by atoms with Crippen LogP contribution in [0.25, 0.3) is 0 Å². The first kappa shape index (κ1) is 13.8. The molecule has 1 aliphatic rings. The van der Waals surface area contributed by atoms with E-state index < -0.39 is 7.82 Å². The molecule has 0 bridgehead atoms. The molecule has 2 N–H and O–H groups in total. The van der Waals surface area contributed by atoms with E-state index in [1.54, 1.807) is 0 Å². The number of hydrogen-bond donors (Lipinski definition) is 2. The highest BCUT2D eigenvalue weighted by molar-refractivity contribution is 7.46. The van der Waals surface area contributed by atoms with Gasteiger partial charge in [0.15, 0.2) is 0 Å². The van der Waals surface area contributed by atoms with Crippen LogP contribution in [0, 0.1) is 6.92 Å². The lowest BCUT2D eigenvalue weighted by atomic mass is 9.71. The Morgan fingerprint density at radius 2 is 2.17 bits per heavy atom. The quantitative estimate of drug-likeness (QED) is 0.829. The van der Waals surface area contributed by atoms with Gasteiger partial charge in [-0.15, -0.1) is 0 Å². The van der Waals surface area contributed by atoms with Gasteiger partial charge < -0.3 is 9.79 Å². The predicted octanol–water partition coefficient (Wildman–Crippen LogP) is 2.70. The van der Waals surface area contributed by atoms with Gasteiger partial charge in [-0.25, -0.2) is 4.57 Å². The maximum atomic E-state index is 10.9. The fourth-order valence-corrected chi connectivity index (χ4v) is 3.22. The lowest BCUT2D eigenvalue weighted by Gasteiger charge is -2.36. The van der Waals surface area contributed by atoms with Gasteiger partial charge in [0.05, 0.1) is 6.61 Å². The standard InChI is InChI=1S/C13H19O4P/c1-10-5-3-7-12-11(10)6-4-8-13(12,2)9-17-18(14,15)16/h3,5,7H,4,6,8-9H2,1-2H3,(H2,14,15,16). The maximum Gasteiger partial charge on any atom is 0.469 e. The molecule has 0 heterocycles. The summed E-state index contributed by atoms with van der Waals surface area (Å²) in [5.41, 5.74) is 3.41. The topological polar surface area (TPSA) is 66.8 Å². The number of hydrogen-bond acceptors (Lipinski definition) is 2. The molecule has 0 aliphatic heterocycles. The van der Waals surface area contributed by atoms with E-state index in [1.807, 2.05) is 19.1 Å². The molecule has 0 saturated carbocycles. The van der Waals surface area contributed by atoms with Crippen molar-refractivity contribution in [2.45, 2.75) is 38.5 Å². The zero-order valence-corrected chi connectivity index (χ0v) is 11.6. The molecule has 5 heteroatoms. The Kier molecular flexibility index (Phi) is 3.65. The highest BCUT2D eigenvalue weighted by atomic mass is 31.2. The van der Waals surface area contributed by atoms with Crippen LogP contribution in [0.3, 0.4) is 0 Å². The van der Waals surface area contributed by atoms with Crippen LogP contribution >= 0.6 is 7.82 Å². The second kappa shape index (κ2) is 4.78. The molecule has 18 heavy (non-hydrogen) atoms. The summed E-state index contributed by atoms with van der Waals surface area (Å²) in [6.07, 6.45) is 2.95. The molecule has 0 fully saturated rings. The normalized spacial score (nSPS) is 23.8. The summed E-state index contributed by atoms with van der Waals surface area (Å²) in [6, 6.07) is 6.12. The second-order valence-corrected chi connectivity index (χ2v) is 6.52. The SMILES string of the molecule is Cc1cccc2c1CCCC2(C)COP(=O)(O)O. The summed E-state index contributed by atoms with van der Waals surface area (Å²) < 4.78 is 15.6. The van der Waals surface area contributed by atoms with Gasteiger partial charge >= 0.3 is 7.82 Å². The Bertz CT molecular complexity index is 494. The van der Waals surface area contributed by atoms with Crippen LogP contribution in [0.2, 0.25) is 0 Å². The van der Waals surface area contributed by atoms with E-state index in [0.29, 0.717) is 0 Å². The van der Waals surface area contributed by atoms with E-state index in [2.05, 4.69) is 13.0 Å². The number of rotatable bonds is 3. The smallest absolute Gasteiger partial charge is 0.303 e. The first-order valence-electron chi connectivity index (χ1n) is 6.11. The molecule has 1 aromatic rings. The minimum atomic E-state index is -4.40. The molecule has 2 rings (SSSR count). The van der Waals surface area contributed by atoms with E-state index >= 15 is 0 Å². The Labute approximate surface area is 107 Å². The fraction of sp³-hybridized carbons (Fsp3) is 0.538. The molecule has 1 aliphatic carbocycles. The summed E-state index contributed by atoms with van der Waals surface area (Å²) in [7, 11) is -4.40. The summed E-state index contributed by atoms with van der Waals surface area (Å²) in [4.78, 5) is 17.7. The summed E-state index contributed by atoms with van der Waals surface area (Å²) in [5, 5.41) is 0. The molecule has 1 aromatic carbocycles. The first-order chi connectivity index (χ1) is 8.32. The van der Waals surface area contributed by atoms with Gasteiger partial charge in [0.1, 0.15) is 0 Å². The minimum absolute atomic E-state index is 0.0632. The van der Waals surface area contributed by atoms with Crippen molar-refractivity contribution in [2.75, 3.05) is 6.61 Å². The molecular formula is C13H19O4P. The molecule has 0 saturated heterocycles. The van der Waals surface area contributed by atoms with Gasteiger partial charge in [0.25, 0.3) is 0 Å². The van der Waals surface area contributed by atoms with Gasteiger partial charge in [-0.1, -0.05) is 25.1 Å². The van der Waals surface area contributed by atoms with Crippen LogP contribution in [0.4, 0.5) is 0 Å². The van der Waals surface area contributed by atoms with Gasteiger partial charge in [0, 0.05) is 5.41 Å². The van der Waals surface area contributed by atoms with Crippen molar-refractivity contribution in [2.24, 2.45) is 0 Å². The highest BCUT2D eigenvalue weighted by Crippen LogP contribution is 2.43. The Hall–Kier alpha value is -0.670. The van der Waals surface area contributed by atoms with Crippen LogP contribution in [0.1, 0.15) is 36.5 Å². The largest absolute Gasteiger partial charge is 0.469 e. The molecule has 0 amide bonds. The maximum absolute atomic E-state index is 10.9. The lowest BCUT2D eigenvalue weighted by Crippen LogP contribution is -2.32. The number of fused-ring (bicyclic) bond motifs is 1. The van der Waals surface area contributed by atoms with Crippen LogP contribution in [0.15, 0.2) is 18.2 Å². The number of benzene rings is 1. The van der Waals surface area contributed by atoms with Crippen molar-refractivity contribution in [3.63, 3.8) is 0 Å². The number of phosphoric ester groups is 1. The monoisotopic (exact) mass is 270 g/mol. The average Bonchev–Trinajstić information content (AvgIpc) is 2.28. The van der Waals surface area contributed by atoms with Crippen LogP contribution in [0.5, 0.6) is 0 Å². The zero-order valence-electron chi connectivity index (χ0n) is 10.7. The predicted molar refractivity (Wildman–Crippen MR) is 69.5 cm³/mol. The molecule has 1 atom stereocenters. The van der Waals surface area contributed by atoms with E-state index in [-0.39, 0.29) is 12.0 Å². The van der Waals surface area contributed by atoms with Crippen molar-refractivity contribution in [1.29, 1.82) is 0 Å². The molecule has 1 unspecified atom stereocenters. The van der Waals surface area contributed by atoms with Crippen molar-refractivity contribution < 1.29 is 18.9 Å². The summed E-state index contributed by atoms with van der Waals surface area (Å²) in [6.45, 7) is 4.15. The first-order valence-corrected chi connectivity index (χ1v) is 7.64. The van der Waals surface area contributed by atoms with E-state index in [1.165, 1.54) is 16.7 Å². The Morgan fingerprint density at radius 1 is 1.44 bits per heavy atom. The number of phosphoric acid groups is 1. The third kappa shape index (κ3) is 2.83. The molecule has 4 nitrogen and oxygen atoms in total. The summed E-state index contributed by atoms with van der Waals surface area (Å²) in [5.74, 6) is 0. The van der Waals surface area contributed by atoms with E-state index in [0.717, 1.165) is 19.3 Å². The third-order valence-corrected chi connectivity index (χ3v) is 4.23. The molecular weight excluding hydrogens is 251 g/mol. The Morgan fingerprint density at radius 3 is 2.83 bits per heavy atom. The van der Waals surface area contributed by atoms with Gasteiger partial charge in [0.2, 0.25) is 0 Å². The van der Waals surface area contributed by atoms with Crippen LogP contribution < -0.4 is 0 Å². The minimum Gasteiger partial charge on any atom is -0.303 e. The van der Waals surface area contributed by atoms with E-state index in [9.17, 15) is 4.57 Å². The molecule has 0 spiro atoms. The number of aryl methyl sites for hydroxylation is 1. The molecule has 0 aromatic heterocycles. The zero-order chi connectivity index (χ0) is 13.4. The molecule has 100 valence electrons. The second-order valence-electron chi connectivity index (χ2n) is 5.28. The van der Waals surface area contributed by atoms with Gasteiger partial charge in [-0.2, -0.15) is 0 Å². The molecule has 0 radical (unpaired) electrons. The van der Waals surface area contributed by atoms with Gasteiger partial charge in [-0.05, 0) is 42.9 Å². The Balaban J connectivity index is 2.31. The fourth-order valence-electron chi connectivity index (χ4n) is 2.77. The highest BCUT2D eigenvalue weighted by Gasteiger charge is 2.34. The summed E-state index contributed by atoms with van der Waals surface area (Å²) >= 11 is 0. The van der Waals surface area contributed by atoms with Crippen molar-refractivity contribution in [1.82, 2.24) is 0 Å². The van der Waals surface area contributed by atoms with E-state index in [4.69, 9.17) is 14.3 Å². The third-order valence-electron chi connectivity index (χ3n) is 3.77.